The highest BCUT2D eigenvalue weighted by Gasteiger charge is 2.28. The van der Waals surface area contributed by atoms with Crippen molar-refractivity contribution >= 4 is 32.9 Å². The van der Waals surface area contributed by atoms with Crippen molar-refractivity contribution in [3.8, 4) is 6.07 Å². The highest BCUT2D eigenvalue weighted by atomic mass is 32.2. The Morgan fingerprint density at radius 3 is 2.42 bits per heavy atom. The number of aryl methyl sites for hydroxylation is 1. The summed E-state index contributed by atoms with van der Waals surface area (Å²) in [5.41, 5.74) is 2.70. The predicted octanol–water partition coefficient (Wildman–Crippen LogP) is 3.24. The van der Waals surface area contributed by atoms with E-state index in [2.05, 4.69) is 6.07 Å². The van der Waals surface area contributed by atoms with Gasteiger partial charge in [-0.15, -0.1) is 0 Å². The molecule has 0 N–H and O–H groups in total. The van der Waals surface area contributed by atoms with Gasteiger partial charge in [0.25, 0.3) is 0 Å². The van der Waals surface area contributed by atoms with Crippen LogP contribution >= 0.6 is 0 Å². The average molecular weight is 463 g/mol. The predicted molar refractivity (Wildman–Crippen MR) is 128 cm³/mol. The van der Waals surface area contributed by atoms with Crippen molar-refractivity contribution in [2.75, 3.05) is 26.2 Å². The summed E-state index contributed by atoms with van der Waals surface area (Å²) in [6, 6.07) is 19.2. The van der Waals surface area contributed by atoms with Crippen LogP contribution in [0.2, 0.25) is 0 Å². The summed E-state index contributed by atoms with van der Waals surface area (Å²) in [6.45, 7) is 1.91. The minimum Gasteiger partial charge on any atom is -0.346 e. The first-order chi connectivity index (χ1) is 16.0. The van der Waals surface area contributed by atoms with Crippen LogP contribution in [0.3, 0.4) is 0 Å². The van der Waals surface area contributed by atoms with Crippen LogP contribution in [0.5, 0.6) is 0 Å². The number of fused-ring (bicyclic) bond motifs is 1. The van der Waals surface area contributed by atoms with Gasteiger partial charge in [0.05, 0.1) is 18.2 Å². The van der Waals surface area contributed by atoms with Crippen LogP contribution in [-0.2, 0) is 27.1 Å². The summed E-state index contributed by atoms with van der Waals surface area (Å²) in [7, 11) is -3.42. The number of hydrogen-bond acceptors (Lipinski definition) is 4. The Hall–Kier alpha value is -3.41. The average Bonchev–Trinajstić information content (AvgIpc) is 3.19. The molecule has 0 bridgehead atoms. The maximum Gasteiger partial charge on any atom is 0.246 e. The largest absolute Gasteiger partial charge is 0.346 e. The van der Waals surface area contributed by atoms with E-state index < -0.39 is 10.0 Å². The molecule has 8 heteroatoms. The molecule has 170 valence electrons. The van der Waals surface area contributed by atoms with E-state index in [1.54, 1.807) is 29.2 Å². The Balaban J connectivity index is 1.39. The smallest absolute Gasteiger partial charge is 0.246 e. The molecule has 0 spiro atoms. The van der Waals surface area contributed by atoms with E-state index in [9.17, 15) is 13.2 Å². The minimum atomic E-state index is -3.42. The van der Waals surface area contributed by atoms with E-state index in [1.165, 1.54) is 4.31 Å². The number of amides is 1. The van der Waals surface area contributed by atoms with Gasteiger partial charge in [0, 0.05) is 61.5 Å². The summed E-state index contributed by atoms with van der Waals surface area (Å²) in [4.78, 5) is 14.4. The Bertz CT molecular complexity index is 1300. The first kappa shape index (κ1) is 22.8. The number of nitriles is 1. The number of sulfonamides is 1. The zero-order valence-electron chi connectivity index (χ0n) is 18.3. The van der Waals surface area contributed by atoms with Crippen LogP contribution < -0.4 is 0 Å². The third-order valence-corrected chi connectivity index (χ3v) is 7.68. The zero-order chi connectivity index (χ0) is 23.3. The summed E-state index contributed by atoms with van der Waals surface area (Å²) in [5.74, 6) is -0.165. The SMILES string of the molecule is N#CCCn1cc(/C=C/C(=O)N2CCN(S(=O)(=O)Cc3ccccc3)CC2)c2ccccc21. The molecule has 0 unspecified atom stereocenters. The lowest BCUT2D eigenvalue weighted by Crippen LogP contribution is -2.50. The molecule has 0 radical (unpaired) electrons. The summed E-state index contributed by atoms with van der Waals surface area (Å²) >= 11 is 0. The molecule has 3 aromatic rings. The molecular formula is C25H26N4O3S. The van der Waals surface area contributed by atoms with Crippen LogP contribution in [0.15, 0.2) is 66.9 Å². The third kappa shape index (κ3) is 5.33. The van der Waals surface area contributed by atoms with E-state index in [0.717, 1.165) is 22.0 Å². The topological polar surface area (TPSA) is 86.4 Å². The van der Waals surface area contributed by atoms with Crippen LogP contribution in [0, 0.1) is 11.3 Å². The quantitative estimate of drug-likeness (QED) is 0.505. The monoisotopic (exact) mass is 462 g/mol. The number of aromatic nitrogens is 1. The lowest BCUT2D eigenvalue weighted by atomic mass is 10.1. The summed E-state index contributed by atoms with van der Waals surface area (Å²) < 4.78 is 29.0. The summed E-state index contributed by atoms with van der Waals surface area (Å²) in [6.07, 6.45) is 5.72. The zero-order valence-corrected chi connectivity index (χ0v) is 19.1. The first-order valence-corrected chi connectivity index (χ1v) is 12.5. The second-order valence-electron chi connectivity index (χ2n) is 8.00. The molecule has 0 atom stereocenters. The fourth-order valence-electron chi connectivity index (χ4n) is 4.09. The number of para-hydroxylation sites is 1. The van der Waals surface area contributed by atoms with Gasteiger partial charge in [0.2, 0.25) is 15.9 Å². The van der Waals surface area contributed by atoms with Crippen molar-refractivity contribution in [2.45, 2.75) is 18.7 Å². The molecular weight excluding hydrogens is 436 g/mol. The van der Waals surface area contributed by atoms with Crippen molar-refractivity contribution in [2.24, 2.45) is 0 Å². The molecule has 1 fully saturated rings. The van der Waals surface area contributed by atoms with Crippen molar-refractivity contribution in [1.29, 1.82) is 5.26 Å². The molecule has 4 rings (SSSR count). The van der Waals surface area contributed by atoms with E-state index in [1.807, 2.05) is 53.2 Å². The number of piperazine rings is 1. The van der Waals surface area contributed by atoms with Gasteiger partial charge in [0.1, 0.15) is 0 Å². The van der Waals surface area contributed by atoms with Gasteiger partial charge in [0.15, 0.2) is 0 Å². The van der Waals surface area contributed by atoms with Crippen LogP contribution in [0.1, 0.15) is 17.5 Å². The maximum absolute atomic E-state index is 12.8. The van der Waals surface area contributed by atoms with Gasteiger partial charge < -0.3 is 9.47 Å². The Labute approximate surface area is 194 Å². The molecule has 2 aromatic carbocycles. The van der Waals surface area contributed by atoms with Gasteiger partial charge in [-0.25, -0.2) is 8.42 Å². The Morgan fingerprint density at radius 2 is 1.70 bits per heavy atom. The van der Waals surface area contributed by atoms with E-state index in [0.29, 0.717) is 39.1 Å². The fraction of sp³-hybridized carbons (Fsp3) is 0.280. The van der Waals surface area contributed by atoms with Crippen molar-refractivity contribution < 1.29 is 13.2 Å². The number of nitrogens with zero attached hydrogens (tertiary/aromatic N) is 4. The molecule has 1 aliphatic rings. The van der Waals surface area contributed by atoms with Gasteiger partial charge in [-0.3, -0.25) is 4.79 Å². The second kappa shape index (κ2) is 10.0. The molecule has 1 aromatic heterocycles. The number of carbonyl (C=O) groups is 1. The highest BCUT2D eigenvalue weighted by Crippen LogP contribution is 2.23. The maximum atomic E-state index is 12.8. The first-order valence-electron chi connectivity index (χ1n) is 10.9. The number of hydrogen-bond donors (Lipinski definition) is 0. The van der Waals surface area contributed by atoms with E-state index in [-0.39, 0.29) is 11.7 Å². The lowest BCUT2D eigenvalue weighted by molar-refractivity contribution is -0.127. The molecule has 1 saturated heterocycles. The number of rotatable bonds is 7. The van der Waals surface area contributed by atoms with Crippen molar-refractivity contribution in [3.05, 3.63) is 78.0 Å². The molecule has 33 heavy (non-hydrogen) atoms. The van der Waals surface area contributed by atoms with Gasteiger partial charge >= 0.3 is 0 Å². The lowest BCUT2D eigenvalue weighted by Gasteiger charge is -2.33. The minimum absolute atomic E-state index is 0.0302. The fourth-order valence-corrected chi connectivity index (χ4v) is 5.61. The molecule has 0 aliphatic carbocycles. The Kier molecular flexibility index (Phi) is 6.92. The van der Waals surface area contributed by atoms with Crippen LogP contribution in [-0.4, -0.2) is 54.3 Å². The van der Waals surface area contributed by atoms with E-state index in [4.69, 9.17) is 5.26 Å². The second-order valence-corrected chi connectivity index (χ2v) is 9.97. The third-order valence-electron chi connectivity index (χ3n) is 5.82. The Morgan fingerprint density at radius 1 is 1.00 bits per heavy atom. The standard InChI is InChI=1S/C25H26N4O3S/c26-13-6-14-28-19-22(23-9-4-5-10-24(23)28)11-12-25(30)27-15-17-29(18-16-27)33(31,32)20-21-7-2-1-3-8-21/h1-5,7-12,19H,6,14-18,20H2/b12-11+. The van der Waals surface area contributed by atoms with Crippen molar-refractivity contribution in [3.63, 3.8) is 0 Å². The highest BCUT2D eigenvalue weighted by molar-refractivity contribution is 7.88. The van der Waals surface area contributed by atoms with Crippen LogP contribution in [0.4, 0.5) is 0 Å². The molecule has 2 heterocycles. The molecule has 0 saturated carbocycles. The van der Waals surface area contributed by atoms with E-state index >= 15 is 0 Å². The number of benzene rings is 2. The molecule has 1 aliphatic heterocycles. The number of carbonyl (C=O) groups excluding carboxylic acids is 1. The molecule has 1 amide bonds. The normalized spacial score (nSPS) is 15.2. The van der Waals surface area contributed by atoms with Gasteiger partial charge in [-0.2, -0.15) is 9.57 Å². The van der Waals surface area contributed by atoms with Crippen molar-refractivity contribution in [1.82, 2.24) is 13.8 Å². The van der Waals surface area contributed by atoms with Gasteiger partial charge in [-0.05, 0) is 17.7 Å². The summed E-state index contributed by atoms with van der Waals surface area (Å²) in [5, 5.41) is 9.93. The van der Waals surface area contributed by atoms with Gasteiger partial charge in [-0.1, -0.05) is 48.5 Å². The molecule has 7 nitrogen and oxygen atoms in total. The van der Waals surface area contributed by atoms with Crippen LogP contribution in [0.25, 0.3) is 17.0 Å².